The molecule has 1 fully saturated rings. The van der Waals surface area contributed by atoms with Crippen molar-refractivity contribution in [2.75, 3.05) is 25.6 Å². The summed E-state index contributed by atoms with van der Waals surface area (Å²) in [4.78, 5) is 12.9. The summed E-state index contributed by atoms with van der Waals surface area (Å²) in [6.07, 6.45) is 1.37. The first-order chi connectivity index (χ1) is 8.48. The molecule has 0 spiro atoms. The summed E-state index contributed by atoms with van der Waals surface area (Å²) in [5, 5.41) is 9.12. The van der Waals surface area contributed by atoms with Crippen molar-refractivity contribution in [3.8, 4) is 5.75 Å². The van der Waals surface area contributed by atoms with E-state index < -0.39 is 17.2 Å². The average molecular weight is 253 g/mol. The number of carbonyl (C=O) groups is 1. The van der Waals surface area contributed by atoms with Gasteiger partial charge < -0.3 is 14.7 Å². The number of halogens is 1. The minimum absolute atomic E-state index is 0.187. The second-order valence-corrected chi connectivity index (χ2v) is 4.76. The fraction of sp³-hybridized carbons (Fsp3) is 0.462. The predicted octanol–water partition coefficient (Wildman–Crippen LogP) is 2.14. The van der Waals surface area contributed by atoms with Gasteiger partial charge in [0, 0.05) is 25.3 Å². The predicted molar refractivity (Wildman–Crippen MR) is 65.5 cm³/mol. The largest absolute Gasteiger partial charge is 0.494 e. The van der Waals surface area contributed by atoms with Crippen LogP contribution in [0.4, 0.5) is 10.1 Å². The molecular weight excluding hydrogens is 237 g/mol. The van der Waals surface area contributed by atoms with Gasteiger partial charge >= 0.3 is 5.97 Å². The first-order valence-corrected chi connectivity index (χ1v) is 5.76. The molecule has 5 heteroatoms. The van der Waals surface area contributed by atoms with Crippen LogP contribution in [-0.2, 0) is 4.79 Å². The van der Waals surface area contributed by atoms with Gasteiger partial charge in [-0.05, 0) is 25.0 Å². The van der Waals surface area contributed by atoms with Gasteiger partial charge in [-0.3, -0.25) is 4.79 Å². The molecule has 0 atom stereocenters. The number of hydrogen-bond acceptors (Lipinski definition) is 3. The van der Waals surface area contributed by atoms with Gasteiger partial charge in [-0.1, -0.05) is 0 Å². The molecule has 1 aromatic rings. The quantitative estimate of drug-likeness (QED) is 0.873. The molecule has 0 heterocycles. The summed E-state index contributed by atoms with van der Waals surface area (Å²) >= 11 is 0. The van der Waals surface area contributed by atoms with Crippen LogP contribution in [0.1, 0.15) is 12.8 Å². The van der Waals surface area contributed by atoms with Gasteiger partial charge in [0.2, 0.25) is 0 Å². The molecule has 1 aromatic carbocycles. The van der Waals surface area contributed by atoms with Gasteiger partial charge in [-0.25, -0.2) is 4.39 Å². The van der Waals surface area contributed by atoms with Gasteiger partial charge in [0.15, 0.2) is 11.6 Å². The van der Waals surface area contributed by atoms with E-state index in [1.807, 2.05) is 0 Å². The number of carboxylic acid groups (broad SMARTS) is 1. The molecule has 1 aliphatic carbocycles. The van der Waals surface area contributed by atoms with Gasteiger partial charge in [0.05, 0.1) is 12.5 Å². The second kappa shape index (κ2) is 4.48. The highest BCUT2D eigenvalue weighted by Crippen LogP contribution is 2.46. The summed E-state index contributed by atoms with van der Waals surface area (Å²) in [6, 6.07) is 4.62. The summed E-state index contributed by atoms with van der Waals surface area (Å²) in [5.74, 6) is -1.03. The van der Waals surface area contributed by atoms with Crippen molar-refractivity contribution in [3.63, 3.8) is 0 Å². The number of carboxylic acids is 1. The smallest absolute Gasteiger partial charge is 0.311 e. The van der Waals surface area contributed by atoms with Crippen LogP contribution < -0.4 is 9.64 Å². The van der Waals surface area contributed by atoms with Crippen LogP contribution in [0.25, 0.3) is 0 Å². The number of rotatable bonds is 5. The lowest BCUT2D eigenvalue weighted by molar-refractivity contribution is -0.142. The van der Waals surface area contributed by atoms with Crippen molar-refractivity contribution in [2.24, 2.45) is 5.41 Å². The lowest BCUT2D eigenvalue weighted by atomic mass is 10.1. The molecule has 18 heavy (non-hydrogen) atoms. The molecule has 4 nitrogen and oxygen atoms in total. The highest BCUT2D eigenvalue weighted by atomic mass is 19.1. The molecule has 0 amide bonds. The average Bonchev–Trinajstić information content (AvgIpc) is 3.10. The van der Waals surface area contributed by atoms with Crippen molar-refractivity contribution < 1.29 is 19.0 Å². The van der Waals surface area contributed by atoms with Crippen LogP contribution in [0.5, 0.6) is 5.75 Å². The van der Waals surface area contributed by atoms with E-state index in [0.29, 0.717) is 25.1 Å². The Kier molecular flexibility index (Phi) is 3.15. The highest BCUT2D eigenvalue weighted by molar-refractivity contribution is 5.78. The molecule has 0 bridgehead atoms. The number of hydrogen-bond donors (Lipinski definition) is 1. The lowest BCUT2D eigenvalue weighted by Gasteiger charge is -2.23. The van der Waals surface area contributed by atoms with E-state index in [4.69, 9.17) is 9.84 Å². The highest BCUT2D eigenvalue weighted by Gasteiger charge is 2.50. The fourth-order valence-corrected chi connectivity index (χ4v) is 2.03. The van der Waals surface area contributed by atoms with E-state index >= 15 is 0 Å². The van der Waals surface area contributed by atoms with Gasteiger partial charge in [0.1, 0.15) is 0 Å². The maximum atomic E-state index is 13.5. The number of methoxy groups -OCH3 is 1. The Morgan fingerprint density at radius 3 is 2.67 bits per heavy atom. The summed E-state index contributed by atoms with van der Waals surface area (Å²) < 4.78 is 18.4. The zero-order valence-electron chi connectivity index (χ0n) is 10.4. The van der Waals surface area contributed by atoms with Crippen LogP contribution in [0.3, 0.4) is 0 Å². The van der Waals surface area contributed by atoms with Crippen molar-refractivity contribution in [3.05, 3.63) is 24.0 Å². The van der Waals surface area contributed by atoms with E-state index in [0.717, 1.165) is 0 Å². The van der Waals surface area contributed by atoms with Crippen LogP contribution in [0.15, 0.2) is 18.2 Å². The number of ether oxygens (including phenoxy) is 1. The molecule has 0 aliphatic heterocycles. The zero-order chi connectivity index (χ0) is 13.3. The Morgan fingerprint density at radius 1 is 1.56 bits per heavy atom. The van der Waals surface area contributed by atoms with Crippen LogP contribution in [0.2, 0.25) is 0 Å². The summed E-state index contributed by atoms with van der Waals surface area (Å²) in [7, 11) is 3.18. The summed E-state index contributed by atoms with van der Waals surface area (Å²) in [6.45, 7) is 0.397. The molecule has 98 valence electrons. The Hall–Kier alpha value is -1.78. The van der Waals surface area contributed by atoms with Crippen LogP contribution >= 0.6 is 0 Å². The maximum absolute atomic E-state index is 13.5. The topological polar surface area (TPSA) is 49.8 Å². The number of aliphatic carboxylic acids is 1. The molecule has 2 rings (SSSR count). The minimum atomic E-state index is -0.775. The van der Waals surface area contributed by atoms with Crippen molar-refractivity contribution in [2.45, 2.75) is 12.8 Å². The van der Waals surface area contributed by atoms with Crippen molar-refractivity contribution in [1.82, 2.24) is 0 Å². The minimum Gasteiger partial charge on any atom is -0.494 e. The third-order valence-corrected chi connectivity index (χ3v) is 3.42. The van der Waals surface area contributed by atoms with E-state index in [2.05, 4.69) is 0 Å². The molecule has 1 saturated carbocycles. The summed E-state index contributed by atoms with van der Waals surface area (Å²) in [5.41, 5.74) is 0.00588. The van der Waals surface area contributed by atoms with Crippen molar-refractivity contribution >= 4 is 11.7 Å². The van der Waals surface area contributed by atoms with E-state index in [1.54, 1.807) is 24.1 Å². The van der Waals surface area contributed by atoms with Crippen LogP contribution in [0, 0.1) is 11.2 Å². The van der Waals surface area contributed by atoms with Crippen molar-refractivity contribution in [1.29, 1.82) is 0 Å². The SMILES string of the molecule is COc1ccc(N(C)CC2(C(=O)O)CC2)cc1F. The molecule has 0 saturated heterocycles. The Labute approximate surface area is 105 Å². The fourth-order valence-electron chi connectivity index (χ4n) is 2.03. The molecular formula is C13H16FNO3. The molecule has 0 radical (unpaired) electrons. The Balaban J connectivity index is 2.12. The first kappa shape index (κ1) is 12.7. The maximum Gasteiger partial charge on any atom is 0.311 e. The monoisotopic (exact) mass is 253 g/mol. The number of anilines is 1. The van der Waals surface area contributed by atoms with Gasteiger partial charge in [0.25, 0.3) is 0 Å². The number of nitrogens with zero attached hydrogens (tertiary/aromatic N) is 1. The lowest BCUT2D eigenvalue weighted by Crippen LogP contribution is -2.31. The third kappa shape index (κ3) is 2.25. The van der Waals surface area contributed by atoms with Gasteiger partial charge in [-0.15, -0.1) is 0 Å². The normalized spacial score (nSPS) is 16.2. The second-order valence-electron chi connectivity index (χ2n) is 4.76. The standard InChI is InChI=1S/C13H16FNO3/c1-15(8-13(5-6-13)12(16)17)9-3-4-11(18-2)10(14)7-9/h3-4,7H,5-6,8H2,1-2H3,(H,16,17). The van der Waals surface area contributed by atoms with E-state index in [9.17, 15) is 9.18 Å². The van der Waals surface area contributed by atoms with E-state index in [1.165, 1.54) is 13.2 Å². The molecule has 1 N–H and O–H groups in total. The van der Waals surface area contributed by atoms with Crippen LogP contribution in [-0.4, -0.2) is 31.8 Å². The molecule has 0 unspecified atom stereocenters. The zero-order valence-corrected chi connectivity index (χ0v) is 10.4. The molecule has 1 aliphatic rings. The third-order valence-electron chi connectivity index (χ3n) is 3.42. The Morgan fingerprint density at radius 2 is 2.22 bits per heavy atom. The molecule has 0 aromatic heterocycles. The first-order valence-electron chi connectivity index (χ1n) is 5.76. The number of benzene rings is 1. The van der Waals surface area contributed by atoms with E-state index in [-0.39, 0.29) is 5.75 Å². The Bertz CT molecular complexity index is 471. The van der Waals surface area contributed by atoms with Gasteiger partial charge in [-0.2, -0.15) is 0 Å².